The van der Waals surface area contributed by atoms with E-state index in [1.54, 1.807) is 24.3 Å². The summed E-state index contributed by atoms with van der Waals surface area (Å²) in [4.78, 5) is 11.0. The van der Waals surface area contributed by atoms with Gasteiger partial charge in [-0.2, -0.15) is 0 Å². The number of nitrogens with one attached hydrogen (secondary N) is 1. The van der Waals surface area contributed by atoms with Crippen LogP contribution in [-0.2, 0) is 0 Å². The number of hydrogen-bond acceptors (Lipinski definition) is 3. The lowest BCUT2D eigenvalue weighted by atomic mass is 10.1. The van der Waals surface area contributed by atoms with Gasteiger partial charge in [0.05, 0.1) is 27.6 Å². The van der Waals surface area contributed by atoms with E-state index < -0.39 is 5.97 Å². The molecule has 0 aliphatic rings. The van der Waals surface area contributed by atoms with Crippen LogP contribution >= 0.6 is 27.5 Å². The Kier molecular flexibility index (Phi) is 3.97. The third kappa shape index (κ3) is 3.00. The summed E-state index contributed by atoms with van der Waals surface area (Å²) in [5, 5.41) is 12.6. The van der Waals surface area contributed by atoms with Gasteiger partial charge in [0.25, 0.3) is 0 Å². The van der Waals surface area contributed by atoms with Crippen LogP contribution in [0.1, 0.15) is 10.4 Å². The Balaban J connectivity index is 2.41. The van der Waals surface area contributed by atoms with Gasteiger partial charge in [-0.25, -0.2) is 4.79 Å². The van der Waals surface area contributed by atoms with Crippen molar-refractivity contribution < 1.29 is 9.90 Å². The standard InChI is InChI=1S/C13H10BrClN2O2/c14-7-4-5-9(15)11(6-7)17-10-3-1-2-8(12(10)16)13(18)19/h1-6,17H,16H2,(H,18,19). The molecular weight excluding hydrogens is 332 g/mol. The van der Waals surface area contributed by atoms with Gasteiger partial charge >= 0.3 is 5.97 Å². The van der Waals surface area contributed by atoms with E-state index in [4.69, 9.17) is 22.4 Å². The number of carboxylic acid groups (broad SMARTS) is 1. The van der Waals surface area contributed by atoms with Crippen LogP contribution in [0.2, 0.25) is 5.02 Å². The second-order valence-electron chi connectivity index (χ2n) is 3.82. The van der Waals surface area contributed by atoms with Crippen molar-refractivity contribution in [2.45, 2.75) is 0 Å². The number of anilines is 3. The number of aromatic carboxylic acids is 1. The number of hydrogen-bond donors (Lipinski definition) is 3. The Bertz CT molecular complexity index is 647. The molecule has 0 spiro atoms. The van der Waals surface area contributed by atoms with Gasteiger partial charge in [-0.15, -0.1) is 0 Å². The largest absolute Gasteiger partial charge is 0.478 e. The van der Waals surface area contributed by atoms with Crippen LogP contribution in [0.4, 0.5) is 17.1 Å². The number of carbonyl (C=O) groups is 1. The Morgan fingerprint density at radius 2 is 2.00 bits per heavy atom. The van der Waals surface area contributed by atoms with Crippen LogP contribution < -0.4 is 11.1 Å². The molecule has 0 heterocycles. The molecule has 6 heteroatoms. The topological polar surface area (TPSA) is 75.3 Å². The highest BCUT2D eigenvalue weighted by molar-refractivity contribution is 9.10. The van der Waals surface area contributed by atoms with Crippen molar-refractivity contribution in [1.29, 1.82) is 0 Å². The zero-order valence-corrected chi connectivity index (χ0v) is 12.0. The third-order valence-electron chi connectivity index (χ3n) is 2.53. The number of nitrogen functional groups attached to an aromatic ring is 1. The van der Waals surface area contributed by atoms with E-state index in [1.165, 1.54) is 6.07 Å². The van der Waals surface area contributed by atoms with E-state index in [2.05, 4.69) is 21.2 Å². The number of benzene rings is 2. The normalized spacial score (nSPS) is 10.2. The molecule has 0 aliphatic heterocycles. The van der Waals surface area contributed by atoms with E-state index in [0.29, 0.717) is 16.4 Å². The first-order chi connectivity index (χ1) is 8.99. The molecule has 0 aromatic heterocycles. The maximum absolute atomic E-state index is 11.0. The van der Waals surface area contributed by atoms with Gasteiger partial charge in [0.2, 0.25) is 0 Å². The van der Waals surface area contributed by atoms with Gasteiger partial charge in [-0.05, 0) is 30.3 Å². The minimum Gasteiger partial charge on any atom is -0.478 e. The molecule has 0 saturated heterocycles. The third-order valence-corrected chi connectivity index (χ3v) is 3.36. The zero-order valence-electron chi connectivity index (χ0n) is 9.65. The SMILES string of the molecule is Nc1c(Nc2cc(Br)ccc2Cl)cccc1C(=O)O. The maximum atomic E-state index is 11.0. The minimum atomic E-state index is -1.07. The zero-order chi connectivity index (χ0) is 14.0. The van der Waals surface area contributed by atoms with E-state index in [-0.39, 0.29) is 11.3 Å². The average Bonchev–Trinajstić information content (AvgIpc) is 2.36. The lowest BCUT2D eigenvalue weighted by Crippen LogP contribution is -2.05. The van der Waals surface area contributed by atoms with Crippen molar-refractivity contribution in [3.63, 3.8) is 0 Å². The van der Waals surface area contributed by atoms with Crippen molar-refractivity contribution >= 4 is 50.6 Å². The molecule has 19 heavy (non-hydrogen) atoms. The molecular formula is C13H10BrClN2O2. The summed E-state index contributed by atoms with van der Waals surface area (Å²) in [6.45, 7) is 0. The summed E-state index contributed by atoms with van der Waals surface area (Å²) in [7, 11) is 0. The van der Waals surface area contributed by atoms with Crippen LogP contribution in [-0.4, -0.2) is 11.1 Å². The highest BCUT2D eigenvalue weighted by Crippen LogP contribution is 2.32. The van der Waals surface area contributed by atoms with Gasteiger partial charge in [0, 0.05) is 4.47 Å². The number of halogens is 2. The summed E-state index contributed by atoms with van der Waals surface area (Å²) in [5.41, 5.74) is 7.19. The highest BCUT2D eigenvalue weighted by atomic mass is 79.9. The summed E-state index contributed by atoms with van der Waals surface area (Å²) < 4.78 is 0.854. The van der Waals surface area contributed by atoms with Crippen LogP contribution in [0.5, 0.6) is 0 Å². The van der Waals surface area contributed by atoms with E-state index in [0.717, 1.165) is 4.47 Å². The van der Waals surface area contributed by atoms with Crippen LogP contribution in [0, 0.1) is 0 Å². The number of para-hydroxylation sites is 1. The molecule has 4 N–H and O–H groups in total. The number of nitrogens with two attached hydrogens (primary N) is 1. The monoisotopic (exact) mass is 340 g/mol. The predicted molar refractivity (Wildman–Crippen MR) is 80.2 cm³/mol. The Morgan fingerprint density at radius 3 is 2.68 bits per heavy atom. The average molecular weight is 342 g/mol. The summed E-state index contributed by atoms with van der Waals surface area (Å²) in [6, 6.07) is 10.1. The fraction of sp³-hybridized carbons (Fsp3) is 0. The van der Waals surface area contributed by atoms with Gasteiger partial charge in [0.1, 0.15) is 0 Å². The predicted octanol–water partition coefficient (Wildman–Crippen LogP) is 4.13. The molecule has 2 aromatic rings. The smallest absolute Gasteiger partial charge is 0.337 e. The number of carboxylic acids is 1. The first-order valence-corrected chi connectivity index (χ1v) is 6.50. The first kappa shape index (κ1) is 13.7. The summed E-state index contributed by atoms with van der Waals surface area (Å²) in [6.07, 6.45) is 0. The molecule has 0 atom stereocenters. The lowest BCUT2D eigenvalue weighted by Gasteiger charge is -2.12. The van der Waals surface area contributed by atoms with Crippen molar-refractivity contribution in [3.05, 3.63) is 51.5 Å². The van der Waals surface area contributed by atoms with Crippen molar-refractivity contribution in [1.82, 2.24) is 0 Å². The van der Waals surface area contributed by atoms with Crippen molar-refractivity contribution in [2.24, 2.45) is 0 Å². The van der Waals surface area contributed by atoms with Crippen molar-refractivity contribution in [3.8, 4) is 0 Å². The van der Waals surface area contributed by atoms with Crippen molar-refractivity contribution in [2.75, 3.05) is 11.1 Å². The lowest BCUT2D eigenvalue weighted by molar-refractivity contribution is 0.0698. The molecule has 0 saturated carbocycles. The molecule has 98 valence electrons. The molecule has 0 aliphatic carbocycles. The van der Waals surface area contributed by atoms with Gasteiger partial charge in [-0.3, -0.25) is 0 Å². The minimum absolute atomic E-state index is 0.0520. The fourth-order valence-corrected chi connectivity index (χ4v) is 2.12. The fourth-order valence-electron chi connectivity index (χ4n) is 1.60. The Morgan fingerprint density at radius 1 is 1.26 bits per heavy atom. The second kappa shape index (κ2) is 5.50. The quantitative estimate of drug-likeness (QED) is 0.734. The van der Waals surface area contributed by atoms with Gasteiger partial charge in [-0.1, -0.05) is 33.6 Å². The van der Waals surface area contributed by atoms with Crippen LogP contribution in [0.3, 0.4) is 0 Å². The molecule has 4 nitrogen and oxygen atoms in total. The van der Waals surface area contributed by atoms with Gasteiger partial charge in [0.15, 0.2) is 0 Å². The number of rotatable bonds is 3. The summed E-state index contributed by atoms with van der Waals surface area (Å²) in [5.74, 6) is -1.07. The maximum Gasteiger partial charge on any atom is 0.337 e. The highest BCUT2D eigenvalue weighted by Gasteiger charge is 2.12. The Hall–Kier alpha value is -1.72. The van der Waals surface area contributed by atoms with E-state index in [9.17, 15) is 4.79 Å². The van der Waals surface area contributed by atoms with Crippen LogP contribution in [0.25, 0.3) is 0 Å². The van der Waals surface area contributed by atoms with Gasteiger partial charge < -0.3 is 16.2 Å². The second-order valence-corrected chi connectivity index (χ2v) is 5.14. The molecule has 0 unspecified atom stereocenters. The molecule has 0 bridgehead atoms. The molecule has 2 aromatic carbocycles. The van der Waals surface area contributed by atoms with Crippen LogP contribution in [0.15, 0.2) is 40.9 Å². The summed E-state index contributed by atoms with van der Waals surface area (Å²) >= 11 is 9.40. The Labute approximate surface area is 123 Å². The van der Waals surface area contributed by atoms with E-state index in [1.807, 2.05) is 6.07 Å². The molecule has 0 amide bonds. The first-order valence-electron chi connectivity index (χ1n) is 5.33. The van der Waals surface area contributed by atoms with E-state index >= 15 is 0 Å². The molecule has 0 radical (unpaired) electrons. The molecule has 0 fully saturated rings. The molecule has 2 rings (SSSR count).